The normalized spacial score (nSPS) is 8.08. The Hall–Kier alpha value is -1.91. The Morgan fingerprint density at radius 1 is 1.38 bits per heavy atom. The third-order valence-electron chi connectivity index (χ3n) is 1.02. The number of rotatable bonds is 1. The molecule has 5 nitrogen and oxygen atoms in total. The molecule has 0 saturated carbocycles. The molecule has 0 aliphatic rings. The van der Waals surface area contributed by atoms with Crippen molar-refractivity contribution in [2.75, 3.05) is 7.05 Å². The van der Waals surface area contributed by atoms with E-state index >= 15 is 0 Å². The summed E-state index contributed by atoms with van der Waals surface area (Å²) in [6.45, 7) is 0. The van der Waals surface area contributed by atoms with Crippen LogP contribution in [-0.4, -0.2) is 23.0 Å². The zero-order valence-electron chi connectivity index (χ0n) is 7.01. The fourth-order valence-electron chi connectivity index (χ4n) is 0.581. The maximum Gasteiger partial charge on any atom is 0.335 e. The topological polar surface area (TPSA) is 80.4 Å². The van der Waals surface area contributed by atoms with Crippen LogP contribution in [-0.2, 0) is 0 Å². The maximum absolute atomic E-state index is 10.2. The van der Waals surface area contributed by atoms with Crippen molar-refractivity contribution in [2.24, 2.45) is 0 Å². The molecule has 1 rings (SSSR count). The standard InChI is InChI=1S/C7H6O2.CH3NO2/c8-7(9)6-4-2-1-3-5-6;1-2(3)4/h1-5H,(H,8,9);1H3. The van der Waals surface area contributed by atoms with E-state index in [1.165, 1.54) is 0 Å². The fourth-order valence-corrected chi connectivity index (χ4v) is 0.581. The van der Waals surface area contributed by atoms with Crippen LogP contribution in [0, 0.1) is 10.1 Å². The highest BCUT2D eigenvalue weighted by Crippen LogP contribution is 1.96. The average Bonchev–Trinajstić information content (AvgIpc) is 2.05. The first kappa shape index (κ1) is 11.1. The lowest BCUT2D eigenvalue weighted by Crippen LogP contribution is -1.93. The highest BCUT2D eigenvalue weighted by atomic mass is 16.6. The van der Waals surface area contributed by atoms with Gasteiger partial charge in [-0.15, -0.1) is 0 Å². The number of carbonyl (C=O) groups is 1. The van der Waals surface area contributed by atoms with Crippen molar-refractivity contribution in [2.45, 2.75) is 0 Å². The smallest absolute Gasteiger partial charge is 0.335 e. The van der Waals surface area contributed by atoms with E-state index in [4.69, 9.17) is 15.2 Å². The van der Waals surface area contributed by atoms with E-state index in [1.54, 1.807) is 30.3 Å². The summed E-state index contributed by atoms with van der Waals surface area (Å²) in [6, 6.07) is 8.30. The molecule has 13 heavy (non-hydrogen) atoms. The molecule has 0 aliphatic carbocycles. The molecular formula is C8H9NO4. The number of carboxylic acids is 1. The molecule has 0 aliphatic heterocycles. The molecule has 0 radical (unpaired) electrons. The SMILES string of the molecule is C[N+](=O)[O-].O=C(O)c1ccccc1. The summed E-state index contributed by atoms with van der Waals surface area (Å²) in [6.07, 6.45) is 0. The number of nitrogens with zero attached hydrogens (tertiary/aromatic N) is 1. The summed E-state index contributed by atoms with van der Waals surface area (Å²) in [4.78, 5) is 18.5. The number of benzene rings is 1. The van der Waals surface area contributed by atoms with E-state index < -0.39 is 10.9 Å². The van der Waals surface area contributed by atoms with E-state index in [9.17, 15) is 4.79 Å². The molecule has 0 aromatic heterocycles. The summed E-state index contributed by atoms with van der Waals surface area (Å²) in [5, 5.41) is 17.2. The van der Waals surface area contributed by atoms with Crippen molar-refractivity contribution in [1.29, 1.82) is 0 Å². The maximum atomic E-state index is 10.2. The minimum Gasteiger partial charge on any atom is -0.478 e. The van der Waals surface area contributed by atoms with Crippen LogP contribution in [0.3, 0.4) is 0 Å². The number of aromatic carboxylic acids is 1. The average molecular weight is 183 g/mol. The van der Waals surface area contributed by atoms with Crippen LogP contribution in [0.5, 0.6) is 0 Å². The van der Waals surface area contributed by atoms with E-state index in [1.807, 2.05) is 0 Å². The molecule has 0 saturated heterocycles. The molecule has 1 aromatic rings. The van der Waals surface area contributed by atoms with Gasteiger partial charge in [0.05, 0.1) is 5.56 Å². The van der Waals surface area contributed by atoms with Gasteiger partial charge in [0.2, 0.25) is 0 Å². The second-order valence-electron chi connectivity index (χ2n) is 2.11. The second-order valence-corrected chi connectivity index (χ2v) is 2.11. The minimum atomic E-state index is -0.879. The lowest BCUT2D eigenvalue weighted by molar-refractivity contribution is -0.445. The van der Waals surface area contributed by atoms with Crippen LogP contribution in [0.1, 0.15) is 10.4 Å². The first-order valence-electron chi connectivity index (χ1n) is 3.40. The Morgan fingerprint density at radius 3 is 2.00 bits per heavy atom. The van der Waals surface area contributed by atoms with Crippen LogP contribution in [0.15, 0.2) is 30.3 Å². The molecular weight excluding hydrogens is 174 g/mol. The van der Waals surface area contributed by atoms with Crippen LogP contribution in [0.4, 0.5) is 0 Å². The monoisotopic (exact) mass is 183 g/mol. The van der Waals surface area contributed by atoms with Crippen molar-refractivity contribution in [1.82, 2.24) is 0 Å². The molecule has 1 aromatic carbocycles. The van der Waals surface area contributed by atoms with Crippen molar-refractivity contribution >= 4 is 5.97 Å². The highest BCUT2D eigenvalue weighted by Gasteiger charge is 1.96. The molecule has 5 heteroatoms. The van der Waals surface area contributed by atoms with Crippen molar-refractivity contribution in [3.8, 4) is 0 Å². The van der Waals surface area contributed by atoms with Crippen LogP contribution in [0.25, 0.3) is 0 Å². The Labute approximate surface area is 74.8 Å². The summed E-state index contributed by atoms with van der Waals surface area (Å²) >= 11 is 0. The van der Waals surface area contributed by atoms with Gasteiger partial charge in [-0.1, -0.05) is 18.2 Å². The zero-order chi connectivity index (χ0) is 10.3. The zero-order valence-corrected chi connectivity index (χ0v) is 7.01. The largest absolute Gasteiger partial charge is 0.478 e. The van der Waals surface area contributed by atoms with E-state index in [-0.39, 0.29) is 0 Å². The molecule has 0 unspecified atom stereocenters. The third-order valence-corrected chi connectivity index (χ3v) is 1.02. The Morgan fingerprint density at radius 2 is 1.77 bits per heavy atom. The van der Waals surface area contributed by atoms with Crippen molar-refractivity contribution < 1.29 is 14.8 Å². The van der Waals surface area contributed by atoms with E-state index in [0.717, 1.165) is 7.05 Å². The summed E-state index contributed by atoms with van der Waals surface area (Å²) in [5.41, 5.74) is 0.331. The van der Waals surface area contributed by atoms with Crippen LogP contribution in [0.2, 0.25) is 0 Å². The first-order chi connectivity index (χ1) is 6.04. The summed E-state index contributed by atoms with van der Waals surface area (Å²) < 4.78 is 0. The number of hydrogen-bond donors (Lipinski definition) is 1. The molecule has 0 atom stereocenters. The molecule has 0 bridgehead atoms. The summed E-state index contributed by atoms with van der Waals surface area (Å²) in [7, 11) is 0.889. The molecule has 0 spiro atoms. The quantitative estimate of drug-likeness (QED) is 0.525. The molecule has 1 N–H and O–H groups in total. The summed E-state index contributed by atoms with van der Waals surface area (Å²) in [5.74, 6) is -0.879. The minimum absolute atomic E-state index is 0.331. The molecule has 0 amide bonds. The second kappa shape index (κ2) is 5.70. The van der Waals surface area contributed by atoms with Crippen LogP contribution < -0.4 is 0 Å². The van der Waals surface area contributed by atoms with Gasteiger partial charge in [-0.2, -0.15) is 0 Å². The van der Waals surface area contributed by atoms with E-state index in [0.29, 0.717) is 5.56 Å². The van der Waals surface area contributed by atoms with Gasteiger partial charge in [-0.25, -0.2) is 4.79 Å². The van der Waals surface area contributed by atoms with Gasteiger partial charge in [0.1, 0.15) is 0 Å². The van der Waals surface area contributed by atoms with Gasteiger partial charge < -0.3 is 5.11 Å². The Bertz CT molecular complexity index is 279. The predicted molar refractivity (Wildman–Crippen MR) is 46.3 cm³/mol. The lowest BCUT2D eigenvalue weighted by atomic mass is 10.2. The third kappa shape index (κ3) is 6.49. The van der Waals surface area contributed by atoms with E-state index in [2.05, 4.69) is 0 Å². The number of hydrogen-bond acceptors (Lipinski definition) is 3. The number of carboxylic acid groups (broad SMARTS) is 1. The highest BCUT2D eigenvalue weighted by molar-refractivity contribution is 5.87. The van der Waals surface area contributed by atoms with Gasteiger partial charge in [0.25, 0.3) is 0 Å². The van der Waals surface area contributed by atoms with Crippen LogP contribution >= 0.6 is 0 Å². The predicted octanol–water partition coefficient (Wildman–Crippen LogP) is 1.28. The van der Waals surface area contributed by atoms with Gasteiger partial charge in [-0.05, 0) is 12.1 Å². The lowest BCUT2D eigenvalue weighted by Gasteiger charge is -1.88. The van der Waals surface area contributed by atoms with Gasteiger partial charge in [0, 0.05) is 4.92 Å². The van der Waals surface area contributed by atoms with Gasteiger partial charge >= 0.3 is 5.97 Å². The Kier molecular flexibility index (Phi) is 4.87. The van der Waals surface area contributed by atoms with Gasteiger partial charge in [0.15, 0.2) is 7.05 Å². The van der Waals surface area contributed by atoms with Crippen molar-refractivity contribution in [3.63, 3.8) is 0 Å². The first-order valence-corrected chi connectivity index (χ1v) is 3.40. The Balaban J connectivity index is 0.000000310. The molecule has 0 heterocycles. The molecule has 0 fully saturated rings. The van der Waals surface area contributed by atoms with Gasteiger partial charge in [-0.3, -0.25) is 10.1 Å². The fraction of sp³-hybridized carbons (Fsp3) is 0.125. The molecule has 70 valence electrons. The number of nitro groups is 1. The van der Waals surface area contributed by atoms with Crippen molar-refractivity contribution in [3.05, 3.63) is 46.0 Å².